The van der Waals surface area contributed by atoms with Gasteiger partial charge >= 0.3 is 0 Å². The summed E-state index contributed by atoms with van der Waals surface area (Å²) in [5.74, 6) is 0. The average Bonchev–Trinajstić information content (AvgIpc) is 2.42. The lowest BCUT2D eigenvalue weighted by atomic mass is 10.0. The Morgan fingerprint density at radius 2 is 1.95 bits per heavy atom. The molecule has 3 aromatic rings. The highest BCUT2D eigenvalue weighted by atomic mass is 35.5. The molecule has 0 aliphatic carbocycles. The normalized spacial score (nSPS) is 10.9. The first-order chi connectivity index (χ1) is 9.56. The van der Waals surface area contributed by atoms with Crippen LogP contribution < -0.4 is 11.2 Å². The van der Waals surface area contributed by atoms with Crippen LogP contribution in [0.2, 0.25) is 5.02 Å². The van der Waals surface area contributed by atoms with Gasteiger partial charge in [0.25, 0.3) is 0 Å². The van der Waals surface area contributed by atoms with E-state index in [2.05, 4.69) is 0 Å². The second-order valence-electron chi connectivity index (χ2n) is 4.77. The SMILES string of the molecule is Cn1cc(-c2cccc(Cl)c2)c(=O)c2cc(N)ccc21. The maximum Gasteiger partial charge on any atom is 0.197 e. The summed E-state index contributed by atoms with van der Waals surface area (Å²) in [6.07, 6.45) is 1.83. The van der Waals surface area contributed by atoms with Crippen LogP contribution in [0.4, 0.5) is 5.69 Å². The molecule has 0 aliphatic rings. The molecule has 0 fully saturated rings. The van der Waals surface area contributed by atoms with Gasteiger partial charge in [-0.3, -0.25) is 4.79 Å². The molecule has 0 aliphatic heterocycles. The summed E-state index contributed by atoms with van der Waals surface area (Å²) in [5.41, 5.74) is 8.62. The predicted octanol–water partition coefficient (Wildman–Crippen LogP) is 3.44. The van der Waals surface area contributed by atoms with Crippen molar-refractivity contribution in [2.75, 3.05) is 5.73 Å². The molecule has 20 heavy (non-hydrogen) atoms. The van der Waals surface area contributed by atoms with Crippen molar-refractivity contribution in [3.8, 4) is 11.1 Å². The Kier molecular flexibility index (Phi) is 2.99. The van der Waals surface area contributed by atoms with Crippen molar-refractivity contribution in [1.82, 2.24) is 4.57 Å². The molecule has 0 bridgehead atoms. The molecule has 0 radical (unpaired) electrons. The number of hydrogen-bond acceptors (Lipinski definition) is 2. The van der Waals surface area contributed by atoms with E-state index in [0.29, 0.717) is 21.7 Å². The first kappa shape index (κ1) is 12.8. The molecule has 4 heteroatoms. The fraction of sp³-hybridized carbons (Fsp3) is 0.0625. The third-order valence-corrected chi connectivity index (χ3v) is 3.58. The van der Waals surface area contributed by atoms with E-state index in [1.165, 1.54) is 0 Å². The third-order valence-electron chi connectivity index (χ3n) is 3.35. The molecule has 1 heterocycles. The van der Waals surface area contributed by atoms with Crippen molar-refractivity contribution in [1.29, 1.82) is 0 Å². The molecule has 3 rings (SSSR count). The van der Waals surface area contributed by atoms with Crippen molar-refractivity contribution >= 4 is 28.2 Å². The summed E-state index contributed by atoms with van der Waals surface area (Å²) < 4.78 is 1.92. The number of rotatable bonds is 1. The maximum atomic E-state index is 12.6. The van der Waals surface area contributed by atoms with E-state index < -0.39 is 0 Å². The van der Waals surface area contributed by atoms with Gasteiger partial charge in [0, 0.05) is 34.9 Å². The zero-order valence-electron chi connectivity index (χ0n) is 10.9. The topological polar surface area (TPSA) is 48.0 Å². The number of fused-ring (bicyclic) bond motifs is 1. The molecule has 0 amide bonds. The fourth-order valence-electron chi connectivity index (χ4n) is 2.37. The van der Waals surface area contributed by atoms with E-state index in [0.717, 1.165) is 11.1 Å². The van der Waals surface area contributed by atoms with Crippen LogP contribution in [0.15, 0.2) is 53.5 Å². The predicted molar refractivity (Wildman–Crippen MR) is 84.0 cm³/mol. The molecule has 0 saturated heterocycles. The monoisotopic (exact) mass is 284 g/mol. The smallest absolute Gasteiger partial charge is 0.197 e. The zero-order chi connectivity index (χ0) is 14.3. The Labute approximate surface area is 121 Å². The van der Waals surface area contributed by atoms with Gasteiger partial charge in [-0.1, -0.05) is 23.7 Å². The summed E-state index contributed by atoms with van der Waals surface area (Å²) in [6.45, 7) is 0. The van der Waals surface area contributed by atoms with Gasteiger partial charge in [0.2, 0.25) is 0 Å². The Hall–Kier alpha value is -2.26. The first-order valence-electron chi connectivity index (χ1n) is 6.21. The number of benzene rings is 2. The molecule has 2 N–H and O–H groups in total. The van der Waals surface area contributed by atoms with E-state index in [1.54, 1.807) is 24.3 Å². The van der Waals surface area contributed by atoms with Crippen LogP contribution in [0.25, 0.3) is 22.0 Å². The quantitative estimate of drug-likeness (QED) is 0.696. The lowest BCUT2D eigenvalue weighted by Crippen LogP contribution is -2.10. The van der Waals surface area contributed by atoms with Crippen molar-refractivity contribution in [3.63, 3.8) is 0 Å². The number of halogens is 1. The minimum Gasteiger partial charge on any atom is -0.399 e. The number of nitrogens with two attached hydrogens (primary N) is 1. The second-order valence-corrected chi connectivity index (χ2v) is 5.21. The third kappa shape index (κ3) is 2.06. The molecular formula is C16H13ClN2O. The molecule has 0 spiro atoms. The zero-order valence-corrected chi connectivity index (χ0v) is 11.7. The van der Waals surface area contributed by atoms with Gasteiger partial charge in [-0.05, 0) is 35.9 Å². The van der Waals surface area contributed by atoms with Crippen LogP contribution in [-0.4, -0.2) is 4.57 Å². The van der Waals surface area contributed by atoms with Gasteiger partial charge in [-0.2, -0.15) is 0 Å². The van der Waals surface area contributed by atoms with Crippen LogP contribution in [0.1, 0.15) is 0 Å². The highest BCUT2D eigenvalue weighted by Gasteiger charge is 2.10. The van der Waals surface area contributed by atoms with Gasteiger partial charge in [-0.25, -0.2) is 0 Å². The van der Waals surface area contributed by atoms with E-state index in [4.69, 9.17) is 17.3 Å². The van der Waals surface area contributed by atoms with E-state index >= 15 is 0 Å². The minimum atomic E-state index is -0.0346. The summed E-state index contributed by atoms with van der Waals surface area (Å²) in [6, 6.07) is 12.6. The Morgan fingerprint density at radius 3 is 2.70 bits per heavy atom. The summed E-state index contributed by atoms with van der Waals surface area (Å²) >= 11 is 6.00. The van der Waals surface area contributed by atoms with Gasteiger partial charge in [0.05, 0.1) is 5.52 Å². The number of hydrogen-bond donors (Lipinski definition) is 1. The van der Waals surface area contributed by atoms with E-state index in [1.807, 2.05) is 36.0 Å². The number of aromatic nitrogens is 1. The highest BCUT2D eigenvalue weighted by molar-refractivity contribution is 6.30. The Balaban J connectivity index is 2.38. The van der Waals surface area contributed by atoms with Crippen molar-refractivity contribution < 1.29 is 0 Å². The summed E-state index contributed by atoms with van der Waals surface area (Å²) in [5, 5.41) is 1.22. The number of anilines is 1. The molecule has 2 aromatic carbocycles. The first-order valence-corrected chi connectivity index (χ1v) is 6.59. The molecule has 0 atom stereocenters. The van der Waals surface area contributed by atoms with Crippen LogP contribution in [0.3, 0.4) is 0 Å². The Morgan fingerprint density at radius 1 is 1.15 bits per heavy atom. The van der Waals surface area contributed by atoms with Crippen LogP contribution >= 0.6 is 11.6 Å². The van der Waals surface area contributed by atoms with E-state index in [9.17, 15) is 4.79 Å². The number of nitrogen functional groups attached to an aromatic ring is 1. The van der Waals surface area contributed by atoms with Crippen LogP contribution in [0, 0.1) is 0 Å². The molecule has 1 aromatic heterocycles. The van der Waals surface area contributed by atoms with E-state index in [-0.39, 0.29) is 5.43 Å². The molecule has 100 valence electrons. The molecule has 3 nitrogen and oxygen atoms in total. The maximum absolute atomic E-state index is 12.6. The largest absolute Gasteiger partial charge is 0.399 e. The second kappa shape index (κ2) is 4.69. The van der Waals surface area contributed by atoms with Crippen LogP contribution in [-0.2, 0) is 7.05 Å². The van der Waals surface area contributed by atoms with Crippen molar-refractivity contribution in [2.24, 2.45) is 7.05 Å². The van der Waals surface area contributed by atoms with Gasteiger partial charge in [0.1, 0.15) is 0 Å². The number of nitrogens with zero attached hydrogens (tertiary/aromatic N) is 1. The molecule has 0 unspecified atom stereocenters. The fourth-order valence-corrected chi connectivity index (χ4v) is 2.56. The standard InChI is InChI=1S/C16H13ClN2O/c1-19-9-14(10-3-2-4-11(17)7-10)16(20)13-8-12(18)5-6-15(13)19/h2-9H,18H2,1H3. The molecule has 0 saturated carbocycles. The lowest BCUT2D eigenvalue weighted by molar-refractivity contribution is 0.952. The Bertz CT molecular complexity index is 868. The van der Waals surface area contributed by atoms with Crippen molar-refractivity contribution in [3.05, 3.63) is 63.9 Å². The minimum absolute atomic E-state index is 0.0346. The lowest BCUT2D eigenvalue weighted by Gasteiger charge is -2.10. The number of pyridine rings is 1. The van der Waals surface area contributed by atoms with Crippen molar-refractivity contribution in [2.45, 2.75) is 0 Å². The number of aryl methyl sites for hydroxylation is 1. The highest BCUT2D eigenvalue weighted by Crippen LogP contribution is 2.23. The van der Waals surface area contributed by atoms with Gasteiger partial charge in [0.15, 0.2) is 5.43 Å². The summed E-state index contributed by atoms with van der Waals surface area (Å²) in [7, 11) is 1.91. The summed E-state index contributed by atoms with van der Waals surface area (Å²) in [4.78, 5) is 12.6. The molecular weight excluding hydrogens is 272 g/mol. The van der Waals surface area contributed by atoms with Crippen LogP contribution in [0.5, 0.6) is 0 Å². The average molecular weight is 285 g/mol. The van der Waals surface area contributed by atoms with Gasteiger partial charge < -0.3 is 10.3 Å². The van der Waals surface area contributed by atoms with Gasteiger partial charge in [-0.15, -0.1) is 0 Å².